The number of benzene rings is 1. The van der Waals surface area contributed by atoms with Crippen molar-refractivity contribution in [1.29, 1.82) is 0 Å². The van der Waals surface area contributed by atoms with Gasteiger partial charge in [0, 0.05) is 11.4 Å². The van der Waals surface area contributed by atoms with Crippen molar-refractivity contribution >= 4 is 21.8 Å². The third-order valence-corrected chi connectivity index (χ3v) is 3.17. The van der Waals surface area contributed by atoms with Gasteiger partial charge in [0.25, 0.3) is 5.91 Å². The van der Waals surface area contributed by atoms with Gasteiger partial charge in [0.15, 0.2) is 11.5 Å². The van der Waals surface area contributed by atoms with Crippen molar-refractivity contribution in [3.05, 3.63) is 23.8 Å². The zero-order chi connectivity index (χ0) is 13.5. The SMILES string of the molecule is COc1cccc(C(=O)NC(C)CCCBr)c1O. The number of halogens is 1. The third-order valence-electron chi connectivity index (χ3n) is 2.61. The van der Waals surface area contributed by atoms with Gasteiger partial charge in [-0.25, -0.2) is 0 Å². The Labute approximate surface area is 115 Å². The first-order valence-corrected chi connectivity index (χ1v) is 6.95. The van der Waals surface area contributed by atoms with Crippen LogP contribution < -0.4 is 10.1 Å². The summed E-state index contributed by atoms with van der Waals surface area (Å²) in [4.78, 5) is 12.0. The Morgan fingerprint density at radius 3 is 2.89 bits per heavy atom. The molecule has 0 bridgehead atoms. The normalized spacial score (nSPS) is 11.9. The molecular formula is C13H18BrNO3. The van der Waals surface area contributed by atoms with Gasteiger partial charge in [-0.05, 0) is 31.9 Å². The Kier molecular flexibility index (Phi) is 5.98. The minimum atomic E-state index is -0.284. The van der Waals surface area contributed by atoms with Crippen LogP contribution in [0.2, 0.25) is 0 Å². The molecule has 2 N–H and O–H groups in total. The molecule has 4 nitrogen and oxygen atoms in total. The molecule has 0 radical (unpaired) electrons. The summed E-state index contributed by atoms with van der Waals surface area (Å²) in [6.07, 6.45) is 1.88. The predicted molar refractivity (Wildman–Crippen MR) is 74.6 cm³/mol. The van der Waals surface area contributed by atoms with E-state index in [1.165, 1.54) is 7.11 Å². The number of hydrogen-bond donors (Lipinski definition) is 2. The zero-order valence-electron chi connectivity index (χ0n) is 10.6. The van der Waals surface area contributed by atoms with Crippen molar-refractivity contribution in [2.24, 2.45) is 0 Å². The van der Waals surface area contributed by atoms with Crippen molar-refractivity contribution in [3.8, 4) is 11.5 Å². The largest absolute Gasteiger partial charge is 0.504 e. The van der Waals surface area contributed by atoms with Crippen LogP contribution in [0.4, 0.5) is 0 Å². The van der Waals surface area contributed by atoms with Crippen molar-refractivity contribution in [1.82, 2.24) is 5.32 Å². The number of phenolic OH excluding ortho intramolecular Hbond substituents is 1. The Hall–Kier alpha value is -1.23. The predicted octanol–water partition coefficient (Wildman–Crippen LogP) is 2.69. The number of phenols is 1. The topological polar surface area (TPSA) is 58.6 Å². The maximum Gasteiger partial charge on any atom is 0.255 e. The van der Waals surface area contributed by atoms with Crippen LogP contribution in [0.5, 0.6) is 11.5 Å². The van der Waals surface area contributed by atoms with Gasteiger partial charge in [0.2, 0.25) is 0 Å². The van der Waals surface area contributed by atoms with Crippen molar-refractivity contribution in [2.45, 2.75) is 25.8 Å². The van der Waals surface area contributed by atoms with E-state index in [2.05, 4.69) is 21.2 Å². The summed E-state index contributed by atoms with van der Waals surface area (Å²) in [5, 5.41) is 13.6. The van der Waals surface area contributed by atoms with Gasteiger partial charge < -0.3 is 15.2 Å². The highest BCUT2D eigenvalue weighted by molar-refractivity contribution is 9.09. The van der Waals surface area contributed by atoms with Gasteiger partial charge >= 0.3 is 0 Å². The maximum absolute atomic E-state index is 12.0. The smallest absolute Gasteiger partial charge is 0.255 e. The standard InChI is InChI=1S/C13H18BrNO3/c1-9(5-4-8-14)15-13(17)10-6-3-7-11(18-2)12(10)16/h3,6-7,9,16H,4-5,8H2,1-2H3,(H,15,17). The number of rotatable bonds is 6. The molecule has 1 amide bonds. The summed E-state index contributed by atoms with van der Waals surface area (Å²) < 4.78 is 4.97. The molecule has 0 aliphatic carbocycles. The minimum absolute atomic E-state index is 0.0700. The van der Waals surface area contributed by atoms with E-state index in [9.17, 15) is 9.90 Å². The fraction of sp³-hybridized carbons (Fsp3) is 0.462. The fourth-order valence-corrected chi connectivity index (χ4v) is 1.95. The second kappa shape index (κ2) is 7.26. The Balaban J connectivity index is 2.72. The van der Waals surface area contributed by atoms with E-state index in [4.69, 9.17) is 4.74 Å². The van der Waals surface area contributed by atoms with Crippen LogP contribution in [0.15, 0.2) is 18.2 Å². The minimum Gasteiger partial charge on any atom is -0.504 e. The molecule has 0 saturated heterocycles. The Morgan fingerprint density at radius 1 is 1.56 bits per heavy atom. The van der Waals surface area contributed by atoms with E-state index < -0.39 is 0 Å². The van der Waals surface area contributed by atoms with Crippen LogP contribution in [-0.4, -0.2) is 29.5 Å². The summed E-state index contributed by atoms with van der Waals surface area (Å²) in [7, 11) is 1.45. The highest BCUT2D eigenvalue weighted by Gasteiger charge is 2.16. The molecule has 1 atom stereocenters. The highest BCUT2D eigenvalue weighted by Crippen LogP contribution is 2.29. The van der Waals surface area contributed by atoms with E-state index in [0.29, 0.717) is 5.75 Å². The molecule has 0 fully saturated rings. The summed E-state index contributed by atoms with van der Waals surface area (Å²) in [6.45, 7) is 1.94. The molecule has 0 aliphatic rings. The number of carbonyl (C=O) groups is 1. The number of carbonyl (C=O) groups excluding carboxylic acids is 1. The monoisotopic (exact) mass is 315 g/mol. The molecule has 0 aliphatic heterocycles. The van der Waals surface area contributed by atoms with Crippen LogP contribution in [0.1, 0.15) is 30.1 Å². The molecule has 1 aromatic rings. The van der Waals surface area contributed by atoms with E-state index in [1.54, 1.807) is 18.2 Å². The quantitative estimate of drug-likeness (QED) is 0.793. The molecule has 1 unspecified atom stereocenters. The van der Waals surface area contributed by atoms with E-state index in [1.807, 2.05) is 6.92 Å². The zero-order valence-corrected chi connectivity index (χ0v) is 12.2. The van der Waals surface area contributed by atoms with E-state index >= 15 is 0 Å². The third kappa shape index (κ3) is 3.91. The Morgan fingerprint density at radius 2 is 2.28 bits per heavy atom. The summed E-state index contributed by atoms with van der Waals surface area (Å²) in [6, 6.07) is 4.93. The van der Waals surface area contributed by atoms with Crippen LogP contribution in [0, 0.1) is 0 Å². The molecule has 0 spiro atoms. The first-order chi connectivity index (χ1) is 8.60. The second-order valence-electron chi connectivity index (χ2n) is 4.06. The molecule has 0 saturated carbocycles. The Bertz CT molecular complexity index is 409. The summed E-state index contributed by atoms with van der Waals surface area (Å²) >= 11 is 3.35. The van der Waals surface area contributed by atoms with Crippen molar-refractivity contribution < 1.29 is 14.6 Å². The lowest BCUT2D eigenvalue weighted by Crippen LogP contribution is -2.32. The molecule has 0 heterocycles. The first kappa shape index (κ1) is 14.8. The molecule has 100 valence electrons. The van der Waals surface area contributed by atoms with Gasteiger partial charge in [-0.3, -0.25) is 4.79 Å². The van der Waals surface area contributed by atoms with E-state index in [-0.39, 0.29) is 23.3 Å². The number of alkyl halides is 1. The lowest BCUT2D eigenvalue weighted by Gasteiger charge is -2.14. The molecule has 0 aromatic heterocycles. The number of methoxy groups -OCH3 is 1. The van der Waals surface area contributed by atoms with Gasteiger partial charge in [-0.15, -0.1) is 0 Å². The number of para-hydroxylation sites is 1. The van der Waals surface area contributed by atoms with Crippen LogP contribution in [0.25, 0.3) is 0 Å². The maximum atomic E-state index is 12.0. The number of nitrogens with one attached hydrogen (secondary N) is 1. The first-order valence-electron chi connectivity index (χ1n) is 5.83. The van der Waals surface area contributed by atoms with Crippen LogP contribution in [-0.2, 0) is 0 Å². The molecule has 1 aromatic carbocycles. The molecule has 5 heteroatoms. The van der Waals surface area contributed by atoms with Crippen molar-refractivity contribution in [3.63, 3.8) is 0 Å². The van der Waals surface area contributed by atoms with E-state index in [0.717, 1.165) is 18.2 Å². The summed E-state index contributed by atoms with van der Waals surface area (Å²) in [5.74, 6) is -0.102. The van der Waals surface area contributed by atoms with Crippen LogP contribution >= 0.6 is 15.9 Å². The fourth-order valence-electron chi connectivity index (χ4n) is 1.63. The number of amides is 1. The molecule has 1 rings (SSSR count). The van der Waals surface area contributed by atoms with Gasteiger partial charge in [-0.1, -0.05) is 22.0 Å². The van der Waals surface area contributed by atoms with Gasteiger partial charge in [-0.2, -0.15) is 0 Å². The highest BCUT2D eigenvalue weighted by atomic mass is 79.9. The lowest BCUT2D eigenvalue weighted by atomic mass is 10.1. The lowest BCUT2D eigenvalue weighted by molar-refractivity contribution is 0.0935. The van der Waals surface area contributed by atoms with Crippen LogP contribution in [0.3, 0.4) is 0 Å². The second-order valence-corrected chi connectivity index (χ2v) is 4.86. The molecular weight excluding hydrogens is 298 g/mol. The number of aromatic hydroxyl groups is 1. The molecule has 18 heavy (non-hydrogen) atoms. The average molecular weight is 316 g/mol. The number of hydrogen-bond acceptors (Lipinski definition) is 3. The summed E-state index contributed by atoms with van der Waals surface area (Å²) in [5.41, 5.74) is 0.236. The number of ether oxygens (including phenoxy) is 1. The van der Waals surface area contributed by atoms with Crippen molar-refractivity contribution in [2.75, 3.05) is 12.4 Å². The van der Waals surface area contributed by atoms with Gasteiger partial charge in [0.05, 0.1) is 12.7 Å². The average Bonchev–Trinajstić information content (AvgIpc) is 2.36. The van der Waals surface area contributed by atoms with Gasteiger partial charge in [0.1, 0.15) is 0 Å².